The molecule has 1 aliphatic rings. The van der Waals surface area contributed by atoms with Crippen LogP contribution in [0.25, 0.3) is 0 Å². The zero-order valence-corrected chi connectivity index (χ0v) is 14.1. The van der Waals surface area contributed by atoms with Gasteiger partial charge in [-0.1, -0.05) is 6.07 Å². The number of hydrogen-bond acceptors (Lipinski definition) is 6. The number of nitrogens with one attached hydrogen (secondary N) is 1. The first-order valence-corrected chi connectivity index (χ1v) is 8.63. The van der Waals surface area contributed by atoms with Gasteiger partial charge in [-0.25, -0.2) is 4.98 Å². The molecule has 8 heteroatoms. The van der Waals surface area contributed by atoms with Gasteiger partial charge >= 0.3 is 5.69 Å². The summed E-state index contributed by atoms with van der Waals surface area (Å²) in [5.41, 5.74) is 0.805. The number of anilines is 1. The van der Waals surface area contributed by atoms with Gasteiger partial charge in [-0.3, -0.25) is 14.9 Å². The highest BCUT2D eigenvalue weighted by Crippen LogP contribution is 2.28. The van der Waals surface area contributed by atoms with Gasteiger partial charge in [0.05, 0.1) is 9.80 Å². The molecule has 2 aromatic rings. The second-order valence-electron chi connectivity index (χ2n) is 5.82. The van der Waals surface area contributed by atoms with E-state index < -0.39 is 0 Å². The Morgan fingerprint density at radius 1 is 1.46 bits per heavy atom. The molecule has 0 aromatic carbocycles. The normalized spacial score (nSPS) is 15.3. The van der Waals surface area contributed by atoms with Gasteiger partial charge < -0.3 is 10.2 Å². The van der Waals surface area contributed by atoms with Crippen molar-refractivity contribution >= 4 is 28.7 Å². The number of pyridine rings is 1. The Hall–Kier alpha value is -2.48. The molecule has 3 rings (SSSR count). The van der Waals surface area contributed by atoms with Crippen LogP contribution < -0.4 is 10.2 Å². The zero-order chi connectivity index (χ0) is 17.1. The maximum atomic E-state index is 12.1. The first-order valence-electron chi connectivity index (χ1n) is 7.75. The topological polar surface area (TPSA) is 88.4 Å². The smallest absolute Gasteiger partial charge is 0.311 e. The average molecular weight is 346 g/mol. The van der Waals surface area contributed by atoms with Crippen molar-refractivity contribution in [1.29, 1.82) is 0 Å². The fourth-order valence-corrected chi connectivity index (χ4v) is 3.45. The standard InChI is InChI=1S/C16H18N4O3S/c1-11-9-13(20(22)23)15(17-10-11)19-6-4-12(5-7-19)18-16(21)14-3-2-8-24-14/h2-3,8-10,12H,4-7H2,1H3,(H,18,21). The number of nitrogens with zero attached hydrogens (tertiary/aromatic N) is 3. The number of piperidine rings is 1. The van der Waals surface area contributed by atoms with Crippen molar-refractivity contribution in [2.75, 3.05) is 18.0 Å². The van der Waals surface area contributed by atoms with Crippen LogP contribution in [0.2, 0.25) is 0 Å². The lowest BCUT2D eigenvalue weighted by Gasteiger charge is -2.32. The largest absolute Gasteiger partial charge is 0.351 e. The second-order valence-corrected chi connectivity index (χ2v) is 6.77. The number of carbonyl (C=O) groups is 1. The Bertz CT molecular complexity index is 740. The molecule has 1 fully saturated rings. The van der Waals surface area contributed by atoms with Crippen molar-refractivity contribution in [3.8, 4) is 0 Å². The molecule has 1 saturated heterocycles. The molecule has 2 aromatic heterocycles. The third-order valence-electron chi connectivity index (χ3n) is 4.06. The van der Waals surface area contributed by atoms with Crippen LogP contribution in [-0.4, -0.2) is 34.9 Å². The lowest BCUT2D eigenvalue weighted by atomic mass is 10.0. The molecule has 1 aliphatic heterocycles. The van der Waals surface area contributed by atoms with E-state index in [1.807, 2.05) is 16.3 Å². The maximum Gasteiger partial charge on any atom is 0.311 e. The second kappa shape index (κ2) is 6.96. The molecule has 1 amide bonds. The summed E-state index contributed by atoms with van der Waals surface area (Å²) in [5, 5.41) is 16.1. The third-order valence-corrected chi connectivity index (χ3v) is 4.92. The molecule has 0 aliphatic carbocycles. The van der Waals surface area contributed by atoms with Gasteiger partial charge in [0.2, 0.25) is 5.82 Å². The fraction of sp³-hybridized carbons (Fsp3) is 0.375. The lowest BCUT2D eigenvalue weighted by Crippen LogP contribution is -2.45. The minimum Gasteiger partial charge on any atom is -0.351 e. The predicted octanol–water partition coefficient (Wildman–Crippen LogP) is 2.76. The van der Waals surface area contributed by atoms with Gasteiger partial charge in [0.15, 0.2) is 0 Å². The van der Waals surface area contributed by atoms with Crippen molar-refractivity contribution in [3.05, 3.63) is 50.3 Å². The molecule has 0 bridgehead atoms. The highest BCUT2D eigenvalue weighted by Gasteiger charge is 2.27. The Balaban J connectivity index is 1.63. The van der Waals surface area contributed by atoms with E-state index in [0.717, 1.165) is 18.4 Å². The molecule has 1 N–H and O–H groups in total. The number of aryl methyl sites for hydroxylation is 1. The number of thiophene rings is 1. The van der Waals surface area contributed by atoms with E-state index in [0.29, 0.717) is 23.8 Å². The Labute approximate surface area is 143 Å². The summed E-state index contributed by atoms with van der Waals surface area (Å²) in [6.45, 7) is 3.05. The number of carbonyl (C=O) groups excluding carboxylic acids is 1. The molecule has 126 valence electrons. The van der Waals surface area contributed by atoms with E-state index in [1.54, 1.807) is 25.3 Å². The van der Waals surface area contributed by atoms with Gasteiger partial charge in [-0.2, -0.15) is 0 Å². The summed E-state index contributed by atoms with van der Waals surface area (Å²) in [4.78, 5) is 29.8. The van der Waals surface area contributed by atoms with E-state index in [9.17, 15) is 14.9 Å². The fourth-order valence-electron chi connectivity index (χ4n) is 2.82. The highest BCUT2D eigenvalue weighted by atomic mass is 32.1. The zero-order valence-electron chi connectivity index (χ0n) is 13.3. The van der Waals surface area contributed by atoms with Crippen LogP contribution in [0.3, 0.4) is 0 Å². The van der Waals surface area contributed by atoms with Gasteiger partial charge in [0.1, 0.15) is 0 Å². The average Bonchev–Trinajstić information content (AvgIpc) is 3.10. The van der Waals surface area contributed by atoms with Crippen molar-refractivity contribution in [1.82, 2.24) is 10.3 Å². The van der Waals surface area contributed by atoms with Crippen molar-refractivity contribution < 1.29 is 9.72 Å². The van der Waals surface area contributed by atoms with Crippen molar-refractivity contribution in [3.63, 3.8) is 0 Å². The Kier molecular flexibility index (Phi) is 4.75. The monoisotopic (exact) mass is 346 g/mol. The molecular weight excluding hydrogens is 328 g/mol. The van der Waals surface area contributed by atoms with Crippen LogP contribution in [0, 0.1) is 17.0 Å². The molecule has 0 saturated carbocycles. The number of amides is 1. The van der Waals surface area contributed by atoms with Gasteiger partial charge in [0.25, 0.3) is 5.91 Å². The van der Waals surface area contributed by atoms with Gasteiger partial charge in [-0.05, 0) is 36.8 Å². The van der Waals surface area contributed by atoms with E-state index in [4.69, 9.17) is 0 Å². The Morgan fingerprint density at radius 2 is 2.21 bits per heavy atom. The van der Waals surface area contributed by atoms with E-state index in [1.165, 1.54) is 11.3 Å². The minimum absolute atomic E-state index is 0.0380. The van der Waals surface area contributed by atoms with E-state index in [2.05, 4.69) is 10.3 Å². The predicted molar refractivity (Wildman–Crippen MR) is 92.6 cm³/mol. The number of hydrogen-bond donors (Lipinski definition) is 1. The highest BCUT2D eigenvalue weighted by molar-refractivity contribution is 7.12. The van der Waals surface area contributed by atoms with Gasteiger partial charge in [0, 0.05) is 31.4 Å². The Morgan fingerprint density at radius 3 is 2.83 bits per heavy atom. The number of nitro groups is 1. The van der Waals surface area contributed by atoms with Crippen LogP contribution in [0.5, 0.6) is 0 Å². The first kappa shape index (κ1) is 16.4. The summed E-state index contributed by atoms with van der Waals surface area (Å²) in [6, 6.07) is 5.28. The quantitative estimate of drug-likeness (QED) is 0.679. The van der Waals surface area contributed by atoms with E-state index in [-0.39, 0.29) is 22.6 Å². The summed E-state index contributed by atoms with van der Waals surface area (Å²) in [6.07, 6.45) is 3.13. The van der Waals surface area contributed by atoms with Gasteiger partial charge in [-0.15, -0.1) is 11.3 Å². The minimum atomic E-state index is -0.389. The summed E-state index contributed by atoms with van der Waals surface area (Å²) in [7, 11) is 0. The van der Waals surface area contributed by atoms with E-state index >= 15 is 0 Å². The summed E-state index contributed by atoms with van der Waals surface area (Å²) in [5.74, 6) is 0.358. The SMILES string of the molecule is Cc1cnc(N2CCC(NC(=O)c3cccs3)CC2)c([N+](=O)[O-])c1. The van der Waals surface area contributed by atoms with Crippen molar-refractivity contribution in [2.24, 2.45) is 0 Å². The molecule has 0 radical (unpaired) electrons. The molecule has 3 heterocycles. The molecule has 7 nitrogen and oxygen atoms in total. The van der Waals surface area contributed by atoms with Crippen LogP contribution >= 0.6 is 11.3 Å². The maximum absolute atomic E-state index is 12.1. The number of rotatable bonds is 4. The molecule has 0 unspecified atom stereocenters. The molecular formula is C16H18N4O3S. The molecule has 0 spiro atoms. The summed E-state index contributed by atoms with van der Waals surface area (Å²) < 4.78 is 0. The summed E-state index contributed by atoms with van der Waals surface area (Å²) >= 11 is 1.42. The molecule has 24 heavy (non-hydrogen) atoms. The van der Waals surface area contributed by atoms with Crippen LogP contribution in [0.4, 0.5) is 11.5 Å². The molecule has 0 atom stereocenters. The van der Waals surface area contributed by atoms with Crippen molar-refractivity contribution in [2.45, 2.75) is 25.8 Å². The first-order chi connectivity index (χ1) is 11.5. The number of aromatic nitrogens is 1. The third kappa shape index (κ3) is 3.53. The van der Waals surface area contributed by atoms with Crippen LogP contribution in [0.1, 0.15) is 28.1 Å². The lowest BCUT2D eigenvalue weighted by molar-refractivity contribution is -0.384. The van der Waals surface area contributed by atoms with Crippen LogP contribution in [-0.2, 0) is 0 Å². The van der Waals surface area contributed by atoms with Crippen LogP contribution in [0.15, 0.2) is 29.8 Å².